The summed E-state index contributed by atoms with van der Waals surface area (Å²) in [7, 11) is 1.66. The lowest BCUT2D eigenvalue weighted by Crippen LogP contribution is -2.51. The van der Waals surface area contributed by atoms with Crippen LogP contribution in [0.1, 0.15) is 19.5 Å². The van der Waals surface area contributed by atoms with E-state index in [1.165, 1.54) is 6.20 Å². The minimum atomic E-state index is -0.531. The molecule has 3 aromatic rings. The Labute approximate surface area is 185 Å². The predicted octanol–water partition coefficient (Wildman–Crippen LogP) is 2.31. The summed E-state index contributed by atoms with van der Waals surface area (Å²) in [4.78, 5) is 22.8. The number of nitrogens with one attached hydrogen (secondary N) is 3. The number of nitriles is 1. The summed E-state index contributed by atoms with van der Waals surface area (Å²) in [6.07, 6.45) is 1.40. The number of piperazine rings is 1. The standard InChI is InChI=1S/C22H26N8O2/c1-4-29-7-8-30(13-14(29)2)15-5-6-16(19(9-15)32-3)17-10-20(28-27-17)26-21-12-24-22(31)18(11-23)25-21/h5-6,9-10,12,14H,4,7-8,13H2,1-3H3,(H,24,31)(H2,25,26,27,28)/t14-/m1/s1. The Bertz CT molecular complexity index is 1200. The van der Waals surface area contributed by atoms with Gasteiger partial charge in [-0.15, -0.1) is 0 Å². The van der Waals surface area contributed by atoms with Gasteiger partial charge in [0.25, 0.3) is 5.56 Å². The Balaban J connectivity index is 1.54. The molecular formula is C22H26N8O2. The number of aromatic amines is 2. The molecule has 166 valence electrons. The van der Waals surface area contributed by atoms with Crippen molar-refractivity contribution in [1.29, 1.82) is 5.26 Å². The van der Waals surface area contributed by atoms with Gasteiger partial charge < -0.3 is 19.9 Å². The SMILES string of the molecule is CCN1CCN(c2ccc(-c3cc(Nc4c[nH]c(=O)c(C#N)n4)n[nH]3)c(OC)c2)C[C@H]1C. The number of H-pyrrole nitrogens is 2. The third-order valence-corrected chi connectivity index (χ3v) is 5.74. The molecule has 1 saturated heterocycles. The van der Waals surface area contributed by atoms with E-state index < -0.39 is 5.56 Å². The van der Waals surface area contributed by atoms with Crippen LogP contribution in [0.3, 0.4) is 0 Å². The molecule has 3 N–H and O–H groups in total. The van der Waals surface area contributed by atoms with E-state index >= 15 is 0 Å². The van der Waals surface area contributed by atoms with Gasteiger partial charge in [-0.05, 0) is 25.6 Å². The molecule has 0 saturated carbocycles. The van der Waals surface area contributed by atoms with Crippen LogP contribution in [0, 0.1) is 11.3 Å². The first-order valence-electron chi connectivity index (χ1n) is 10.5. The van der Waals surface area contributed by atoms with E-state index in [4.69, 9.17) is 10.00 Å². The number of ether oxygens (including phenoxy) is 1. The molecule has 10 heteroatoms. The molecule has 4 rings (SSSR count). The van der Waals surface area contributed by atoms with Crippen molar-refractivity contribution in [2.75, 3.05) is 43.5 Å². The molecule has 0 amide bonds. The summed E-state index contributed by atoms with van der Waals surface area (Å²) in [5, 5.41) is 19.2. The summed E-state index contributed by atoms with van der Waals surface area (Å²) >= 11 is 0. The quantitative estimate of drug-likeness (QED) is 0.540. The van der Waals surface area contributed by atoms with Gasteiger partial charge in [0.15, 0.2) is 5.82 Å². The fourth-order valence-corrected chi connectivity index (χ4v) is 4.00. The van der Waals surface area contributed by atoms with Crippen LogP contribution >= 0.6 is 0 Å². The van der Waals surface area contributed by atoms with Crippen molar-refractivity contribution >= 4 is 17.3 Å². The van der Waals surface area contributed by atoms with Crippen molar-refractivity contribution in [3.8, 4) is 23.1 Å². The number of likely N-dealkylation sites (N-methyl/N-ethyl adjacent to an activating group) is 1. The molecule has 32 heavy (non-hydrogen) atoms. The maximum absolute atomic E-state index is 11.5. The highest BCUT2D eigenvalue weighted by atomic mass is 16.5. The maximum atomic E-state index is 11.5. The van der Waals surface area contributed by atoms with Gasteiger partial charge in [0, 0.05) is 55.3 Å². The molecule has 0 unspecified atom stereocenters. The Hall–Kier alpha value is -3.84. The maximum Gasteiger partial charge on any atom is 0.284 e. The van der Waals surface area contributed by atoms with E-state index in [2.05, 4.69) is 61.3 Å². The topological polar surface area (TPSA) is 126 Å². The third kappa shape index (κ3) is 4.29. The predicted molar refractivity (Wildman–Crippen MR) is 122 cm³/mol. The second kappa shape index (κ2) is 9.11. The van der Waals surface area contributed by atoms with Gasteiger partial charge in [-0.1, -0.05) is 6.92 Å². The number of rotatable bonds is 6. The van der Waals surface area contributed by atoms with E-state index in [0.29, 0.717) is 17.7 Å². The molecule has 1 aliphatic rings. The van der Waals surface area contributed by atoms with E-state index in [1.54, 1.807) is 13.2 Å². The molecule has 1 aliphatic heterocycles. The van der Waals surface area contributed by atoms with Crippen molar-refractivity contribution in [3.05, 3.63) is 46.5 Å². The zero-order valence-electron chi connectivity index (χ0n) is 18.3. The third-order valence-electron chi connectivity index (χ3n) is 5.74. The van der Waals surface area contributed by atoms with Gasteiger partial charge in [-0.25, -0.2) is 4.98 Å². The first kappa shape index (κ1) is 21.4. The first-order chi connectivity index (χ1) is 15.5. The van der Waals surface area contributed by atoms with Crippen LogP contribution in [0.4, 0.5) is 17.3 Å². The van der Waals surface area contributed by atoms with Crippen LogP contribution in [-0.4, -0.2) is 64.4 Å². The smallest absolute Gasteiger partial charge is 0.284 e. The first-order valence-corrected chi connectivity index (χ1v) is 10.5. The van der Waals surface area contributed by atoms with E-state index in [-0.39, 0.29) is 5.69 Å². The Morgan fingerprint density at radius 3 is 2.88 bits per heavy atom. The summed E-state index contributed by atoms with van der Waals surface area (Å²) in [6.45, 7) is 8.54. The molecular weight excluding hydrogens is 408 g/mol. The highest BCUT2D eigenvalue weighted by Gasteiger charge is 2.23. The highest BCUT2D eigenvalue weighted by Crippen LogP contribution is 2.34. The van der Waals surface area contributed by atoms with Crippen molar-refractivity contribution < 1.29 is 4.74 Å². The normalized spacial score (nSPS) is 16.6. The lowest BCUT2D eigenvalue weighted by Gasteiger charge is -2.40. The molecule has 0 bridgehead atoms. The van der Waals surface area contributed by atoms with E-state index in [1.807, 2.05) is 12.1 Å². The van der Waals surface area contributed by atoms with Crippen LogP contribution in [0.5, 0.6) is 5.75 Å². The van der Waals surface area contributed by atoms with Gasteiger partial charge in [0.05, 0.1) is 12.8 Å². The molecule has 0 radical (unpaired) electrons. The zero-order chi connectivity index (χ0) is 22.7. The molecule has 1 fully saturated rings. The largest absolute Gasteiger partial charge is 0.496 e. The fraction of sp³-hybridized carbons (Fsp3) is 0.364. The number of methoxy groups -OCH3 is 1. The highest BCUT2D eigenvalue weighted by molar-refractivity contribution is 5.73. The van der Waals surface area contributed by atoms with Crippen LogP contribution in [0.15, 0.2) is 35.3 Å². The molecule has 0 spiro atoms. The van der Waals surface area contributed by atoms with Crippen LogP contribution in [-0.2, 0) is 0 Å². The average molecular weight is 435 g/mol. The van der Waals surface area contributed by atoms with Crippen LogP contribution in [0.2, 0.25) is 0 Å². The number of nitrogens with zero attached hydrogens (tertiary/aromatic N) is 5. The lowest BCUT2D eigenvalue weighted by atomic mass is 10.1. The molecule has 0 aliphatic carbocycles. The van der Waals surface area contributed by atoms with Crippen molar-refractivity contribution in [1.82, 2.24) is 25.1 Å². The van der Waals surface area contributed by atoms with Crippen molar-refractivity contribution in [2.24, 2.45) is 0 Å². The van der Waals surface area contributed by atoms with Gasteiger partial charge in [0.2, 0.25) is 5.69 Å². The second-order valence-electron chi connectivity index (χ2n) is 7.68. The number of anilines is 3. The van der Waals surface area contributed by atoms with Crippen molar-refractivity contribution in [3.63, 3.8) is 0 Å². The number of hydrogen-bond donors (Lipinski definition) is 3. The number of aromatic nitrogens is 4. The van der Waals surface area contributed by atoms with E-state index in [9.17, 15) is 4.79 Å². The van der Waals surface area contributed by atoms with Gasteiger partial charge in [-0.3, -0.25) is 14.8 Å². The second-order valence-corrected chi connectivity index (χ2v) is 7.68. The zero-order valence-corrected chi connectivity index (χ0v) is 18.3. The minimum absolute atomic E-state index is 0.211. The molecule has 2 aromatic heterocycles. The number of benzene rings is 1. The Morgan fingerprint density at radius 1 is 1.31 bits per heavy atom. The summed E-state index contributed by atoms with van der Waals surface area (Å²) in [5.41, 5.74) is 2.04. The van der Waals surface area contributed by atoms with Crippen molar-refractivity contribution in [2.45, 2.75) is 19.9 Å². The molecule has 1 atom stereocenters. The summed E-state index contributed by atoms with van der Waals surface area (Å²) in [5.74, 6) is 1.57. The van der Waals surface area contributed by atoms with Crippen LogP contribution in [0.25, 0.3) is 11.3 Å². The van der Waals surface area contributed by atoms with Gasteiger partial charge in [-0.2, -0.15) is 10.4 Å². The Morgan fingerprint density at radius 2 is 2.16 bits per heavy atom. The monoisotopic (exact) mass is 434 g/mol. The lowest BCUT2D eigenvalue weighted by molar-refractivity contribution is 0.199. The van der Waals surface area contributed by atoms with Crippen LogP contribution < -0.4 is 20.5 Å². The molecule has 1 aromatic carbocycles. The summed E-state index contributed by atoms with van der Waals surface area (Å²) in [6, 6.07) is 10.3. The fourth-order valence-electron chi connectivity index (χ4n) is 4.00. The minimum Gasteiger partial charge on any atom is -0.496 e. The number of hydrogen-bond acceptors (Lipinski definition) is 8. The van der Waals surface area contributed by atoms with E-state index in [0.717, 1.165) is 48.9 Å². The average Bonchev–Trinajstić information content (AvgIpc) is 3.28. The molecule has 3 heterocycles. The molecule has 10 nitrogen and oxygen atoms in total. The van der Waals surface area contributed by atoms with Gasteiger partial charge in [0.1, 0.15) is 17.6 Å². The Kier molecular flexibility index (Phi) is 6.09. The summed E-state index contributed by atoms with van der Waals surface area (Å²) < 4.78 is 5.68. The van der Waals surface area contributed by atoms with Gasteiger partial charge >= 0.3 is 0 Å².